The molecule has 1 aromatic rings. The van der Waals surface area contributed by atoms with Gasteiger partial charge in [-0.1, -0.05) is 12.1 Å². The molecule has 1 fully saturated rings. The summed E-state index contributed by atoms with van der Waals surface area (Å²) in [5, 5.41) is -0.822. The fraction of sp³-hybridized carbons (Fsp3) is 0.476. The van der Waals surface area contributed by atoms with Gasteiger partial charge in [-0.2, -0.15) is 0 Å². The number of halogens is 1. The molecule has 12 nitrogen and oxygen atoms in total. The van der Waals surface area contributed by atoms with Crippen molar-refractivity contribution in [1.82, 2.24) is 0 Å². The Kier molecular flexibility index (Phi) is 9.21. The SMILES string of the molecule is COC(=O)[C@H]1O[C@@H](Oc2ccccc2N(C)C(=O)Cl)[C@H](OC(C)=O)[C@@H](OC(C)=O)[C@@H]1OC(C)=O. The lowest BCUT2D eigenvalue weighted by molar-refractivity contribution is -0.282. The molecule has 2 rings (SSSR count). The first-order valence-corrected chi connectivity index (χ1v) is 10.3. The molecule has 0 N–H and O–H groups in total. The van der Waals surface area contributed by atoms with E-state index in [0.29, 0.717) is 0 Å². The van der Waals surface area contributed by atoms with Crippen molar-refractivity contribution in [3.05, 3.63) is 24.3 Å². The molecule has 0 spiro atoms. The van der Waals surface area contributed by atoms with Gasteiger partial charge in [0, 0.05) is 27.8 Å². The molecule has 1 aromatic carbocycles. The Balaban J connectivity index is 2.57. The van der Waals surface area contributed by atoms with Crippen LogP contribution in [0.5, 0.6) is 5.75 Å². The monoisotopic (exact) mass is 501 g/mol. The molecule has 0 unspecified atom stereocenters. The van der Waals surface area contributed by atoms with Crippen LogP contribution in [0, 0.1) is 0 Å². The highest BCUT2D eigenvalue weighted by atomic mass is 35.5. The molecule has 5 atom stereocenters. The highest BCUT2D eigenvalue weighted by Crippen LogP contribution is 2.34. The fourth-order valence-corrected chi connectivity index (χ4v) is 3.32. The van der Waals surface area contributed by atoms with E-state index in [1.54, 1.807) is 12.1 Å². The van der Waals surface area contributed by atoms with Crippen molar-refractivity contribution in [3.8, 4) is 5.75 Å². The van der Waals surface area contributed by atoms with Gasteiger partial charge in [0.25, 0.3) is 0 Å². The Morgan fingerprint density at radius 1 is 0.882 bits per heavy atom. The number of carbonyl (C=O) groups excluding carboxylic acids is 5. The molecular weight excluding hydrogens is 478 g/mol. The first kappa shape index (κ1) is 26.9. The Bertz CT molecular complexity index is 952. The number of para-hydroxylation sites is 2. The lowest BCUT2D eigenvalue weighted by Gasteiger charge is -2.43. The lowest BCUT2D eigenvalue weighted by atomic mass is 9.97. The van der Waals surface area contributed by atoms with E-state index in [1.165, 1.54) is 19.2 Å². The first-order chi connectivity index (χ1) is 16.0. The van der Waals surface area contributed by atoms with Crippen molar-refractivity contribution < 1.29 is 52.4 Å². The van der Waals surface area contributed by atoms with Crippen LogP contribution in [0.3, 0.4) is 0 Å². The molecule has 1 amide bonds. The van der Waals surface area contributed by atoms with E-state index in [9.17, 15) is 24.0 Å². The Hall–Kier alpha value is -3.38. The second kappa shape index (κ2) is 11.7. The quantitative estimate of drug-likeness (QED) is 0.232. The third kappa shape index (κ3) is 6.58. The minimum atomic E-state index is -1.62. The third-order valence-electron chi connectivity index (χ3n) is 4.57. The van der Waals surface area contributed by atoms with Crippen molar-refractivity contribution >= 4 is 46.5 Å². The number of amides is 1. The van der Waals surface area contributed by atoms with E-state index in [4.69, 9.17) is 40.0 Å². The maximum atomic E-state index is 12.5. The van der Waals surface area contributed by atoms with Crippen LogP contribution in [-0.2, 0) is 42.9 Å². The van der Waals surface area contributed by atoms with Crippen molar-refractivity contribution in [2.75, 3.05) is 19.1 Å². The topological polar surface area (TPSA) is 144 Å². The number of rotatable bonds is 7. The maximum absolute atomic E-state index is 12.5. The number of anilines is 1. The molecule has 1 aliphatic rings. The summed E-state index contributed by atoms with van der Waals surface area (Å²) >= 11 is 5.57. The van der Waals surface area contributed by atoms with E-state index in [1.807, 2.05) is 0 Å². The largest absolute Gasteiger partial charge is 0.467 e. The summed E-state index contributed by atoms with van der Waals surface area (Å²) in [4.78, 5) is 60.6. The number of nitrogens with zero attached hydrogens (tertiary/aromatic N) is 1. The summed E-state index contributed by atoms with van der Waals surface area (Å²) < 4.78 is 32.1. The second-order valence-corrected chi connectivity index (χ2v) is 7.39. The molecule has 34 heavy (non-hydrogen) atoms. The lowest BCUT2D eigenvalue weighted by Crippen LogP contribution is -2.64. The summed E-state index contributed by atoms with van der Waals surface area (Å²) in [5.41, 5.74) is 0.216. The average Bonchev–Trinajstić information content (AvgIpc) is 2.75. The van der Waals surface area contributed by atoms with Gasteiger partial charge < -0.3 is 28.4 Å². The van der Waals surface area contributed by atoms with E-state index in [0.717, 1.165) is 32.8 Å². The molecule has 1 aliphatic heterocycles. The van der Waals surface area contributed by atoms with Gasteiger partial charge in [0.1, 0.15) is 5.75 Å². The molecule has 13 heteroatoms. The zero-order chi connectivity index (χ0) is 25.6. The molecule has 1 saturated heterocycles. The van der Waals surface area contributed by atoms with Crippen LogP contribution in [-0.4, -0.2) is 74.1 Å². The Morgan fingerprint density at radius 3 is 1.94 bits per heavy atom. The predicted molar refractivity (Wildman–Crippen MR) is 114 cm³/mol. The fourth-order valence-electron chi connectivity index (χ4n) is 3.23. The number of ether oxygens (including phenoxy) is 6. The summed E-state index contributed by atoms with van der Waals surface area (Å²) in [6, 6.07) is 6.17. The standard InChI is InChI=1S/C21H24ClNO11/c1-10(24)30-15-16(31-11(2)25)18(32-12(3)26)20(34-17(15)19(27)29-5)33-14-9-7-6-8-13(14)23(4)21(22)28/h6-9,15-18,20H,1-5H3/t15-,16-,17-,18+,20+/m0/s1. The van der Waals surface area contributed by atoms with Gasteiger partial charge in [-0.15, -0.1) is 0 Å². The van der Waals surface area contributed by atoms with Crippen LogP contribution in [0.15, 0.2) is 24.3 Å². The van der Waals surface area contributed by atoms with Crippen molar-refractivity contribution in [2.45, 2.75) is 51.5 Å². The molecule has 0 bridgehead atoms. The van der Waals surface area contributed by atoms with Crippen molar-refractivity contribution in [3.63, 3.8) is 0 Å². The normalized spacial score (nSPS) is 23.8. The first-order valence-electron chi connectivity index (χ1n) is 9.90. The smallest absolute Gasteiger partial charge is 0.339 e. The molecule has 1 heterocycles. The number of hydrogen-bond donors (Lipinski definition) is 0. The van der Waals surface area contributed by atoms with E-state index < -0.39 is 59.9 Å². The third-order valence-corrected chi connectivity index (χ3v) is 4.82. The molecule has 0 aliphatic carbocycles. The number of hydrogen-bond acceptors (Lipinski definition) is 11. The van der Waals surface area contributed by atoms with Crippen LogP contribution in [0.2, 0.25) is 0 Å². The molecule has 0 saturated carbocycles. The molecule has 186 valence electrons. The van der Waals surface area contributed by atoms with Crippen molar-refractivity contribution in [1.29, 1.82) is 0 Å². The number of methoxy groups -OCH3 is 1. The number of carbonyl (C=O) groups is 5. The highest BCUT2D eigenvalue weighted by molar-refractivity contribution is 6.66. The Labute approximate surface area is 199 Å². The van der Waals surface area contributed by atoms with Crippen LogP contribution >= 0.6 is 11.6 Å². The zero-order valence-electron chi connectivity index (χ0n) is 19.0. The predicted octanol–water partition coefficient (Wildman–Crippen LogP) is 1.55. The highest BCUT2D eigenvalue weighted by Gasteiger charge is 2.56. The second-order valence-electron chi connectivity index (χ2n) is 7.07. The summed E-state index contributed by atoms with van der Waals surface area (Å²) in [5.74, 6) is -3.37. The number of esters is 4. The summed E-state index contributed by atoms with van der Waals surface area (Å²) in [6.45, 7) is 3.23. The summed E-state index contributed by atoms with van der Waals surface area (Å²) in [7, 11) is 2.46. The maximum Gasteiger partial charge on any atom is 0.339 e. The van der Waals surface area contributed by atoms with E-state index in [-0.39, 0.29) is 11.4 Å². The summed E-state index contributed by atoms with van der Waals surface area (Å²) in [6.07, 6.45) is -7.71. The molecular formula is C21H24ClNO11. The minimum Gasteiger partial charge on any atom is -0.467 e. The van der Waals surface area contributed by atoms with Gasteiger partial charge in [0.15, 0.2) is 18.3 Å². The van der Waals surface area contributed by atoms with Crippen LogP contribution in [0.4, 0.5) is 10.5 Å². The van der Waals surface area contributed by atoms with Gasteiger partial charge in [0.05, 0.1) is 12.8 Å². The van der Waals surface area contributed by atoms with Gasteiger partial charge >= 0.3 is 29.2 Å². The molecule has 0 aromatic heterocycles. The average molecular weight is 502 g/mol. The van der Waals surface area contributed by atoms with E-state index >= 15 is 0 Å². The molecule has 0 radical (unpaired) electrons. The minimum absolute atomic E-state index is 0.0530. The van der Waals surface area contributed by atoms with Crippen LogP contribution < -0.4 is 9.64 Å². The van der Waals surface area contributed by atoms with Gasteiger partial charge in [0.2, 0.25) is 12.4 Å². The van der Waals surface area contributed by atoms with E-state index in [2.05, 4.69) is 0 Å². The van der Waals surface area contributed by atoms with Crippen LogP contribution in [0.25, 0.3) is 0 Å². The van der Waals surface area contributed by atoms with Gasteiger partial charge in [-0.25, -0.2) is 4.79 Å². The van der Waals surface area contributed by atoms with Crippen LogP contribution in [0.1, 0.15) is 20.8 Å². The number of benzene rings is 1. The van der Waals surface area contributed by atoms with Crippen molar-refractivity contribution in [2.24, 2.45) is 0 Å². The Morgan fingerprint density at radius 2 is 1.41 bits per heavy atom. The van der Waals surface area contributed by atoms with Gasteiger partial charge in [-0.05, 0) is 23.7 Å². The van der Waals surface area contributed by atoms with Gasteiger partial charge in [-0.3, -0.25) is 24.1 Å². The zero-order valence-corrected chi connectivity index (χ0v) is 19.8.